The molecule has 0 aliphatic heterocycles. The highest BCUT2D eigenvalue weighted by atomic mass is 16.1. The SMILES string of the molecule is CC(C)CCC[C@@H](C)[C@@H]1CC[C@H]2[C@H]3CC[C@H]4CC(=O)CCC[C@]4(C)[C@@H]3CC[C@@]21C. The van der Waals surface area contributed by atoms with Crippen LogP contribution in [0.4, 0.5) is 0 Å². The Balaban J connectivity index is 1.48. The van der Waals surface area contributed by atoms with Crippen molar-refractivity contribution in [1.82, 2.24) is 0 Å². The molecule has 0 aromatic carbocycles. The van der Waals surface area contributed by atoms with E-state index in [1.165, 1.54) is 64.2 Å². The van der Waals surface area contributed by atoms with Crippen molar-refractivity contribution in [1.29, 1.82) is 0 Å². The van der Waals surface area contributed by atoms with Gasteiger partial charge in [0, 0.05) is 12.8 Å². The zero-order chi connectivity index (χ0) is 20.8. The molecule has 4 aliphatic carbocycles. The third kappa shape index (κ3) is 3.87. The van der Waals surface area contributed by atoms with E-state index in [1.54, 1.807) is 0 Å². The highest BCUT2D eigenvalue weighted by molar-refractivity contribution is 5.79. The minimum Gasteiger partial charge on any atom is -0.300 e. The van der Waals surface area contributed by atoms with Crippen LogP contribution in [0.1, 0.15) is 118 Å². The molecule has 1 nitrogen and oxygen atoms in total. The molecule has 0 spiro atoms. The van der Waals surface area contributed by atoms with Crippen molar-refractivity contribution in [2.24, 2.45) is 52.3 Å². The minimum absolute atomic E-state index is 0.456. The maximum absolute atomic E-state index is 12.3. The highest BCUT2D eigenvalue weighted by Crippen LogP contribution is 2.68. The largest absolute Gasteiger partial charge is 0.300 e. The first-order valence-electron chi connectivity index (χ1n) is 13.3. The molecule has 4 rings (SSSR count). The molecule has 0 aromatic rings. The van der Waals surface area contributed by atoms with Crippen LogP contribution in [0.3, 0.4) is 0 Å². The summed E-state index contributed by atoms with van der Waals surface area (Å²) >= 11 is 0. The summed E-state index contributed by atoms with van der Waals surface area (Å²) in [4.78, 5) is 12.3. The van der Waals surface area contributed by atoms with Gasteiger partial charge in [-0.3, -0.25) is 4.79 Å². The lowest BCUT2D eigenvalue weighted by Crippen LogP contribution is -2.52. The maximum Gasteiger partial charge on any atom is 0.133 e. The monoisotopic (exact) mass is 400 g/mol. The average molecular weight is 401 g/mol. The Bertz CT molecular complexity index is 593. The highest BCUT2D eigenvalue weighted by Gasteiger charge is 2.60. The van der Waals surface area contributed by atoms with Crippen molar-refractivity contribution in [2.45, 2.75) is 118 Å². The molecule has 4 aliphatic rings. The second-order valence-electron chi connectivity index (χ2n) is 12.8. The number of hydrogen-bond acceptors (Lipinski definition) is 1. The van der Waals surface area contributed by atoms with Crippen LogP contribution in [0.5, 0.6) is 0 Å². The summed E-state index contributed by atoms with van der Waals surface area (Å²) in [7, 11) is 0. The summed E-state index contributed by atoms with van der Waals surface area (Å²) in [5.74, 6) is 6.80. The number of carbonyl (C=O) groups is 1. The first-order chi connectivity index (χ1) is 13.8. The predicted octanol–water partition coefficient (Wildman–Crippen LogP) is 8.07. The molecule has 0 heterocycles. The van der Waals surface area contributed by atoms with Crippen molar-refractivity contribution < 1.29 is 4.79 Å². The molecule has 0 bridgehead atoms. The summed E-state index contributed by atoms with van der Waals surface area (Å²) in [6.07, 6.45) is 17.2. The Kier molecular flexibility index (Phi) is 6.27. The van der Waals surface area contributed by atoms with Crippen molar-refractivity contribution in [2.75, 3.05) is 0 Å². The molecule has 4 saturated carbocycles. The maximum atomic E-state index is 12.3. The Morgan fingerprint density at radius 1 is 0.897 bits per heavy atom. The third-order valence-corrected chi connectivity index (χ3v) is 10.9. The summed E-state index contributed by atoms with van der Waals surface area (Å²) in [5.41, 5.74) is 1.06. The molecule has 0 aromatic heterocycles. The van der Waals surface area contributed by atoms with Gasteiger partial charge in [0.05, 0.1) is 0 Å². The molecule has 0 saturated heterocycles. The fourth-order valence-corrected chi connectivity index (χ4v) is 9.33. The molecular formula is C28H48O. The fourth-order valence-electron chi connectivity index (χ4n) is 9.33. The van der Waals surface area contributed by atoms with E-state index in [1.807, 2.05) is 0 Å². The van der Waals surface area contributed by atoms with Gasteiger partial charge < -0.3 is 0 Å². The minimum atomic E-state index is 0.456. The standard InChI is InChI=1S/C28H48O/c1-19(2)8-6-9-20(3)24-13-14-25-23-12-11-21-18-22(29)10-7-16-27(21,4)26(23)15-17-28(24,25)5/h19-21,23-26H,6-18H2,1-5H3/t20-,21+,23-,24+,25+,26-,27+,28-/m1/s1. The van der Waals surface area contributed by atoms with E-state index in [4.69, 9.17) is 0 Å². The molecule has 0 N–H and O–H groups in total. The van der Waals surface area contributed by atoms with Crippen LogP contribution in [0.15, 0.2) is 0 Å². The topological polar surface area (TPSA) is 17.1 Å². The van der Waals surface area contributed by atoms with Gasteiger partial charge in [0.2, 0.25) is 0 Å². The molecule has 1 heteroatoms. The summed E-state index contributed by atoms with van der Waals surface area (Å²) in [6, 6.07) is 0. The van der Waals surface area contributed by atoms with Gasteiger partial charge in [-0.15, -0.1) is 0 Å². The van der Waals surface area contributed by atoms with Gasteiger partial charge in [0.15, 0.2) is 0 Å². The molecule has 166 valence electrons. The Morgan fingerprint density at radius 3 is 2.41 bits per heavy atom. The fraction of sp³-hybridized carbons (Fsp3) is 0.964. The van der Waals surface area contributed by atoms with Crippen LogP contribution < -0.4 is 0 Å². The molecule has 0 amide bonds. The Morgan fingerprint density at radius 2 is 1.66 bits per heavy atom. The van der Waals surface area contributed by atoms with Crippen LogP contribution in [-0.4, -0.2) is 5.78 Å². The quantitative estimate of drug-likeness (QED) is 0.456. The van der Waals surface area contributed by atoms with E-state index in [-0.39, 0.29) is 0 Å². The van der Waals surface area contributed by atoms with Crippen molar-refractivity contribution in [3.63, 3.8) is 0 Å². The number of hydrogen-bond donors (Lipinski definition) is 0. The van der Waals surface area contributed by atoms with E-state index >= 15 is 0 Å². The van der Waals surface area contributed by atoms with Gasteiger partial charge >= 0.3 is 0 Å². The second-order valence-corrected chi connectivity index (χ2v) is 12.8. The van der Waals surface area contributed by atoms with Gasteiger partial charge in [-0.25, -0.2) is 0 Å². The van der Waals surface area contributed by atoms with E-state index in [0.29, 0.717) is 22.5 Å². The lowest BCUT2D eigenvalue weighted by Gasteiger charge is -2.59. The van der Waals surface area contributed by atoms with Crippen LogP contribution in [0, 0.1) is 52.3 Å². The summed E-state index contributed by atoms with van der Waals surface area (Å²) in [5, 5.41) is 0. The first kappa shape index (κ1) is 21.9. The molecule has 29 heavy (non-hydrogen) atoms. The number of Topliss-reactive ketones (excluding diaryl/α,β-unsaturated/α-hetero) is 1. The van der Waals surface area contributed by atoms with Crippen LogP contribution in [0.25, 0.3) is 0 Å². The van der Waals surface area contributed by atoms with Crippen molar-refractivity contribution in [3.8, 4) is 0 Å². The van der Waals surface area contributed by atoms with E-state index in [2.05, 4.69) is 34.6 Å². The van der Waals surface area contributed by atoms with Gasteiger partial charge in [-0.1, -0.05) is 53.9 Å². The van der Waals surface area contributed by atoms with Gasteiger partial charge in [-0.05, 0) is 104 Å². The Labute approximate surface area is 181 Å². The zero-order valence-electron chi connectivity index (χ0n) is 20.1. The van der Waals surface area contributed by atoms with E-state index < -0.39 is 0 Å². The lowest BCUT2D eigenvalue weighted by atomic mass is 9.46. The van der Waals surface area contributed by atoms with Crippen LogP contribution in [0.2, 0.25) is 0 Å². The number of carbonyl (C=O) groups excluding carboxylic acids is 1. The third-order valence-electron chi connectivity index (χ3n) is 10.9. The van der Waals surface area contributed by atoms with E-state index in [9.17, 15) is 4.79 Å². The van der Waals surface area contributed by atoms with Gasteiger partial charge in [0.25, 0.3) is 0 Å². The average Bonchev–Trinajstić information content (AvgIpc) is 2.92. The number of rotatable bonds is 5. The van der Waals surface area contributed by atoms with E-state index in [0.717, 1.165) is 54.8 Å². The van der Waals surface area contributed by atoms with Crippen molar-refractivity contribution >= 4 is 5.78 Å². The zero-order valence-corrected chi connectivity index (χ0v) is 20.1. The first-order valence-corrected chi connectivity index (χ1v) is 13.3. The number of fused-ring (bicyclic) bond motifs is 5. The van der Waals surface area contributed by atoms with Gasteiger partial charge in [0.1, 0.15) is 5.78 Å². The predicted molar refractivity (Wildman–Crippen MR) is 123 cm³/mol. The second kappa shape index (κ2) is 8.31. The number of ketones is 1. The molecule has 0 radical (unpaired) electrons. The van der Waals surface area contributed by atoms with Crippen LogP contribution in [-0.2, 0) is 4.79 Å². The smallest absolute Gasteiger partial charge is 0.133 e. The normalized spacial score (nSPS) is 46.0. The van der Waals surface area contributed by atoms with Crippen LogP contribution >= 0.6 is 0 Å². The molecular weight excluding hydrogens is 352 g/mol. The summed E-state index contributed by atoms with van der Waals surface area (Å²) in [6.45, 7) is 12.6. The van der Waals surface area contributed by atoms with Gasteiger partial charge in [-0.2, -0.15) is 0 Å². The Hall–Kier alpha value is -0.330. The summed E-state index contributed by atoms with van der Waals surface area (Å²) < 4.78 is 0. The lowest BCUT2D eigenvalue weighted by molar-refractivity contribution is -0.124. The molecule has 8 atom stereocenters. The molecule has 0 unspecified atom stereocenters. The molecule has 4 fully saturated rings. The van der Waals surface area contributed by atoms with Crippen molar-refractivity contribution in [3.05, 3.63) is 0 Å².